The Morgan fingerprint density at radius 2 is 1.60 bits per heavy atom. The van der Waals surface area contributed by atoms with Gasteiger partial charge in [0.1, 0.15) is 0 Å². The molecule has 0 radical (unpaired) electrons. The minimum Gasteiger partial charge on any atom is -0.413 e. The van der Waals surface area contributed by atoms with Crippen LogP contribution in [0, 0.1) is 28.6 Å². The minimum absolute atomic E-state index is 0.0126. The van der Waals surface area contributed by atoms with E-state index in [0.717, 1.165) is 32.1 Å². The van der Waals surface area contributed by atoms with Crippen molar-refractivity contribution in [2.45, 2.75) is 188 Å². The summed E-state index contributed by atoms with van der Waals surface area (Å²) in [6.45, 7) is 35.4. The smallest absolute Gasteiger partial charge is 0.192 e. The van der Waals surface area contributed by atoms with E-state index in [4.69, 9.17) is 15.4 Å². The van der Waals surface area contributed by atoms with E-state index in [1.807, 2.05) is 6.08 Å². The summed E-state index contributed by atoms with van der Waals surface area (Å²) >= 11 is 0. The van der Waals surface area contributed by atoms with Crippen molar-refractivity contribution in [3.63, 3.8) is 0 Å². The molecular weight excluding hydrogens is 621 g/mol. The minimum atomic E-state index is -1.99. The monoisotopic (exact) mass is 695 g/mol. The van der Waals surface area contributed by atoms with Gasteiger partial charge in [-0.25, -0.2) is 0 Å². The van der Waals surface area contributed by atoms with Crippen molar-refractivity contribution >= 4 is 22.4 Å². The molecule has 0 saturated heterocycles. The van der Waals surface area contributed by atoms with Crippen molar-refractivity contribution in [1.82, 2.24) is 0 Å². The van der Waals surface area contributed by atoms with Crippen LogP contribution in [-0.4, -0.2) is 34.6 Å². The molecule has 272 valence electrons. The molecule has 4 fully saturated rings. The highest BCUT2D eigenvalue weighted by atomic mass is 28.4. The second-order valence-corrected chi connectivity index (χ2v) is 29.3. The number of carbonyl (C=O) groups excluding carboxylic acids is 1. The Morgan fingerprint density at radius 1 is 0.979 bits per heavy atom. The summed E-state index contributed by atoms with van der Waals surface area (Å²) in [5, 5.41) is 0.314. The highest BCUT2D eigenvalue weighted by Crippen LogP contribution is 2.60. The van der Waals surface area contributed by atoms with Gasteiger partial charge in [0.2, 0.25) is 0 Å². The van der Waals surface area contributed by atoms with Crippen LogP contribution in [0.4, 0.5) is 0 Å². The van der Waals surface area contributed by atoms with Gasteiger partial charge in [-0.2, -0.15) is 0 Å². The molecule has 4 rings (SSSR count). The molecule has 0 aromatic rings. The van der Waals surface area contributed by atoms with Crippen LogP contribution in [0.25, 0.3) is 0 Å². The van der Waals surface area contributed by atoms with Gasteiger partial charge in [0.05, 0.1) is 12.2 Å². The molecule has 0 aromatic carbocycles. The maximum absolute atomic E-state index is 13.2. The van der Waals surface area contributed by atoms with Crippen LogP contribution in [0.5, 0.6) is 0 Å². The zero-order chi connectivity index (χ0) is 35.9. The summed E-state index contributed by atoms with van der Waals surface area (Å²) in [4.78, 5) is 13.2. The summed E-state index contributed by atoms with van der Waals surface area (Å²) in [6.07, 6.45) is 23.1. The topological polar surface area (TPSA) is 35.5 Å². The number of carbonyl (C=O) groups is 1. The average molecular weight is 695 g/mol. The van der Waals surface area contributed by atoms with E-state index in [1.165, 1.54) is 56.1 Å². The van der Waals surface area contributed by atoms with Crippen LogP contribution in [0.3, 0.4) is 0 Å². The quantitative estimate of drug-likeness (QED) is 0.151. The van der Waals surface area contributed by atoms with E-state index in [2.05, 4.69) is 107 Å². The van der Waals surface area contributed by atoms with Crippen molar-refractivity contribution < 1.29 is 13.6 Å². The van der Waals surface area contributed by atoms with Gasteiger partial charge in [-0.1, -0.05) is 106 Å². The zero-order valence-electron chi connectivity index (χ0n) is 33.6. The van der Waals surface area contributed by atoms with Gasteiger partial charge in [-0.15, -0.1) is 0 Å². The predicted molar refractivity (Wildman–Crippen MR) is 211 cm³/mol. The number of rotatable bonds is 12. The van der Waals surface area contributed by atoms with E-state index in [0.29, 0.717) is 29.0 Å². The molecule has 6 atom stereocenters. The lowest BCUT2D eigenvalue weighted by Crippen LogP contribution is -2.49. The first-order valence-electron chi connectivity index (χ1n) is 19.7. The van der Waals surface area contributed by atoms with Gasteiger partial charge < -0.3 is 8.85 Å². The van der Waals surface area contributed by atoms with E-state index in [9.17, 15) is 4.79 Å². The number of allylic oxidation sites excluding steroid dienone is 5. The van der Waals surface area contributed by atoms with E-state index < -0.39 is 16.6 Å². The Labute approximate surface area is 299 Å². The molecule has 3 nitrogen and oxygen atoms in total. The van der Waals surface area contributed by atoms with Crippen LogP contribution in [-0.2, 0) is 13.6 Å². The summed E-state index contributed by atoms with van der Waals surface area (Å²) in [5.74, 6) is 2.08. The maximum atomic E-state index is 13.2. The number of hydrogen-bond acceptors (Lipinski definition) is 3. The van der Waals surface area contributed by atoms with Crippen molar-refractivity contribution in [2.75, 3.05) is 0 Å². The van der Waals surface area contributed by atoms with Crippen molar-refractivity contribution in [3.8, 4) is 0 Å². The second-order valence-electron chi connectivity index (χ2n) is 19.8. The highest BCUT2D eigenvalue weighted by Gasteiger charge is 2.51. The predicted octanol–water partition coefficient (Wildman–Crippen LogP) is 12.9. The van der Waals surface area contributed by atoms with Gasteiger partial charge in [0.15, 0.2) is 22.4 Å². The first-order chi connectivity index (χ1) is 22.1. The summed E-state index contributed by atoms with van der Waals surface area (Å²) < 4.78 is 14.2. The van der Waals surface area contributed by atoms with Crippen molar-refractivity contribution in [3.05, 3.63) is 47.6 Å². The van der Waals surface area contributed by atoms with Gasteiger partial charge in [0.25, 0.3) is 0 Å². The average Bonchev–Trinajstić information content (AvgIpc) is 3.68. The third-order valence-corrected chi connectivity index (χ3v) is 23.4. The van der Waals surface area contributed by atoms with Crippen LogP contribution < -0.4 is 0 Å². The fourth-order valence-electron chi connectivity index (χ4n) is 8.74. The third kappa shape index (κ3) is 8.53. The lowest BCUT2D eigenvalue weighted by molar-refractivity contribution is -0.119. The van der Waals surface area contributed by atoms with Gasteiger partial charge in [0, 0.05) is 11.8 Å². The molecule has 0 unspecified atom stereocenters. The van der Waals surface area contributed by atoms with E-state index in [1.54, 1.807) is 5.57 Å². The third-order valence-electron chi connectivity index (χ3n) is 14.3. The molecule has 4 aliphatic rings. The molecule has 5 heteroatoms. The zero-order valence-corrected chi connectivity index (χ0v) is 35.6. The summed E-state index contributed by atoms with van der Waals surface area (Å²) in [5.41, 5.74) is 4.40. The SMILES string of the molecule is C=C1C(=CC=C2CCC[C@]3(C)[C@@H]([C@H](C)C=CC(=O)C4(CCCC)CC4)CC[C@@H]23)C[C@@H](O[Si](C)(C)C(C)(C)C)C[C@@H]1O[Si](C)(C)C(C)(C)C. The largest absolute Gasteiger partial charge is 0.413 e. The van der Waals surface area contributed by atoms with Crippen molar-refractivity contribution in [1.29, 1.82) is 0 Å². The fourth-order valence-corrected chi connectivity index (χ4v) is 11.4. The van der Waals surface area contributed by atoms with Crippen LogP contribution in [0.2, 0.25) is 36.3 Å². The van der Waals surface area contributed by atoms with E-state index in [-0.39, 0.29) is 27.7 Å². The molecule has 48 heavy (non-hydrogen) atoms. The standard InChI is InChI=1S/C43H74O3Si2/c1-15-16-26-43(27-28-43)39(44)24-19-31(2)36-22-23-37-33(18-17-25-42(36,37)10)20-21-34-29-35(45-47(11,12)40(4,5)6)30-38(32(34)3)46-48(13,14)41(7,8)9/h19-21,24,31,35-38H,3,15-18,22-23,25-30H2,1-2,4-14H3/t31-,35-,36-,37+,38+,42-/m1/s1. The van der Waals surface area contributed by atoms with Gasteiger partial charge in [-0.05, 0) is 134 Å². The molecule has 0 amide bonds. The van der Waals surface area contributed by atoms with Crippen molar-refractivity contribution in [2.24, 2.45) is 28.6 Å². The number of unbranched alkanes of at least 4 members (excludes halogenated alkanes) is 1. The van der Waals surface area contributed by atoms with Crippen LogP contribution in [0.15, 0.2) is 47.6 Å². The molecule has 0 N–H and O–H groups in total. The first kappa shape index (κ1) is 39.8. The number of fused-ring (bicyclic) bond motifs is 1. The number of ketones is 1. The summed E-state index contributed by atoms with van der Waals surface area (Å²) in [7, 11) is -3.93. The Morgan fingerprint density at radius 3 is 2.19 bits per heavy atom. The van der Waals surface area contributed by atoms with Gasteiger partial charge in [-0.3, -0.25) is 4.79 Å². The van der Waals surface area contributed by atoms with Crippen LogP contribution in [0.1, 0.15) is 139 Å². The first-order valence-corrected chi connectivity index (χ1v) is 25.6. The Balaban J connectivity index is 1.55. The molecule has 4 aliphatic carbocycles. The van der Waals surface area contributed by atoms with Crippen LogP contribution >= 0.6 is 0 Å². The lowest BCUT2D eigenvalue weighted by Gasteiger charge is -2.45. The molecule has 0 spiro atoms. The molecule has 0 aliphatic heterocycles. The molecule has 0 aromatic heterocycles. The second kappa shape index (κ2) is 14.5. The Kier molecular flexibility index (Phi) is 12.0. The van der Waals surface area contributed by atoms with Gasteiger partial charge >= 0.3 is 0 Å². The molecule has 0 heterocycles. The van der Waals surface area contributed by atoms with E-state index >= 15 is 0 Å². The lowest BCUT2D eigenvalue weighted by atomic mass is 9.61. The maximum Gasteiger partial charge on any atom is 0.192 e. The fraction of sp³-hybridized carbons (Fsp3) is 0.791. The Hall–Kier alpha value is -1.02. The summed E-state index contributed by atoms with van der Waals surface area (Å²) in [6, 6.07) is 0. The molecule has 4 saturated carbocycles. The normalized spacial score (nSPS) is 32.2. The molecular formula is C43H74O3Si2. The highest BCUT2D eigenvalue weighted by molar-refractivity contribution is 6.74. The Bertz CT molecular complexity index is 1270. The number of hydrogen-bond donors (Lipinski definition) is 0. The molecule has 0 bridgehead atoms.